The monoisotopic (exact) mass is 308 g/mol. The van der Waals surface area contributed by atoms with Crippen molar-refractivity contribution in [1.82, 2.24) is 4.90 Å². The Morgan fingerprint density at radius 3 is 2.77 bits per heavy atom. The Hall–Kier alpha value is -2.68. The van der Waals surface area contributed by atoms with E-state index in [2.05, 4.69) is 4.99 Å². The molecule has 1 aliphatic rings. The number of amides is 1. The first-order valence-corrected chi connectivity index (χ1v) is 6.60. The van der Waals surface area contributed by atoms with Gasteiger partial charge in [0.1, 0.15) is 5.84 Å². The van der Waals surface area contributed by atoms with Gasteiger partial charge in [0.25, 0.3) is 5.69 Å². The lowest BCUT2D eigenvalue weighted by molar-refractivity contribution is -0.384. The molecule has 0 aromatic heterocycles. The zero-order valence-electron chi connectivity index (χ0n) is 11.7. The number of non-ortho nitro benzene ring substituents is 1. The molecule has 9 nitrogen and oxygen atoms in total. The second kappa shape index (κ2) is 6.85. The number of amidine groups is 1. The third kappa shape index (κ3) is 4.16. The predicted molar refractivity (Wildman–Crippen MR) is 77.8 cm³/mol. The number of morpholine rings is 1. The fourth-order valence-corrected chi connectivity index (χ4v) is 2.06. The first-order valence-electron chi connectivity index (χ1n) is 6.60. The number of benzene rings is 1. The van der Waals surface area contributed by atoms with Gasteiger partial charge in [-0.2, -0.15) is 0 Å². The molecule has 0 radical (unpaired) electrons. The number of hydrogen-bond donors (Lipinski definition) is 2. The number of carbonyl (C=O) groups is 1. The SMILES string of the molecule is N/C(Cc1ccc([N+](=O)[O-])cc1)=N\C1CN(C(=O)O)CCO1. The van der Waals surface area contributed by atoms with Crippen LogP contribution in [0.15, 0.2) is 29.3 Å². The molecule has 1 unspecified atom stereocenters. The van der Waals surface area contributed by atoms with Gasteiger partial charge in [0, 0.05) is 25.1 Å². The van der Waals surface area contributed by atoms with E-state index in [1.54, 1.807) is 12.1 Å². The van der Waals surface area contributed by atoms with Gasteiger partial charge in [0.15, 0.2) is 6.23 Å². The number of carboxylic acid groups (broad SMARTS) is 1. The van der Waals surface area contributed by atoms with E-state index in [0.29, 0.717) is 13.0 Å². The molecule has 22 heavy (non-hydrogen) atoms. The largest absolute Gasteiger partial charge is 0.465 e. The zero-order chi connectivity index (χ0) is 16.1. The molecule has 9 heteroatoms. The lowest BCUT2D eigenvalue weighted by atomic mass is 10.1. The number of aliphatic imine (C=N–C) groups is 1. The van der Waals surface area contributed by atoms with Crippen LogP contribution in [0.1, 0.15) is 5.56 Å². The second-order valence-electron chi connectivity index (χ2n) is 4.77. The van der Waals surface area contributed by atoms with Crippen molar-refractivity contribution in [1.29, 1.82) is 0 Å². The zero-order valence-corrected chi connectivity index (χ0v) is 11.7. The molecule has 1 atom stereocenters. The molecule has 1 heterocycles. The summed E-state index contributed by atoms with van der Waals surface area (Å²) in [6, 6.07) is 6.00. The summed E-state index contributed by atoms with van der Waals surface area (Å²) in [5, 5.41) is 19.5. The quantitative estimate of drug-likeness (QED) is 0.366. The van der Waals surface area contributed by atoms with Crippen molar-refractivity contribution in [2.24, 2.45) is 10.7 Å². The topological polar surface area (TPSA) is 131 Å². The molecule has 1 aliphatic heterocycles. The summed E-state index contributed by atoms with van der Waals surface area (Å²) in [5.74, 6) is 0.283. The van der Waals surface area contributed by atoms with E-state index in [0.717, 1.165) is 5.56 Å². The Morgan fingerprint density at radius 2 is 2.18 bits per heavy atom. The number of nitrogens with zero attached hydrogens (tertiary/aromatic N) is 3. The average Bonchev–Trinajstić information content (AvgIpc) is 2.47. The molecule has 1 amide bonds. The molecule has 1 aromatic carbocycles. The summed E-state index contributed by atoms with van der Waals surface area (Å²) in [5.41, 5.74) is 6.61. The molecular weight excluding hydrogens is 292 g/mol. The first kappa shape index (κ1) is 15.7. The number of rotatable bonds is 4. The smallest absolute Gasteiger partial charge is 0.407 e. The number of ether oxygens (including phenoxy) is 1. The van der Waals surface area contributed by atoms with E-state index in [-0.39, 0.29) is 24.7 Å². The molecule has 0 saturated carbocycles. The van der Waals surface area contributed by atoms with E-state index in [4.69, 9.17) is 15.6 Å². The standard InChI is InChI=1S/C13H16N4O5/c14-11(7-9-1-3-10(4-2-9)17(20)21)15-12-8-16(13(18)19)5-6-22-12/h1-4,12H,5-8H2,(H2,14,15)(H,18,19). The van der Waals surface area contributed by atoms with Crippen molar-refractivity contribution < 1.29 is 19.6 Å². The fraction of sp³-hybridized carbons (Fsp3) is 0.385. The van der Waals surface area contributed by atoms with Gasteiger partial charge in [-0.15, -0.1) is 0 Å². The highest BCUT2D eigenvalue weighted by Crippen LogP contribution is 2.13. The van der Waals surface area contributed by atoms with Gasteiger partial charge in [-0.1, -0.05) is 12.1 Å². The van der Waals surface area contributed by atoms with Gasteiger partial charge in [-0.3, -0.25) is 10.1 Å². The van der Waals surface area contributed by atoms with Crippen LogP contribution < -0.4 is 5.73 Å². The minimum absolute atomic E-state index is 0.00646. The van der Waals surface area contributed by atoms with Crippen molar-refractivity contribution in [3.63, 3.8) is 0 Å². The molecule has 0 spiro atoms. The van der Waals surface area contributed by atoms with Gasteiger partial charge in [0.05, 0.1) is 18.1 Å². The molecule has 0 bridgehead atoms. The van der Waals surface area contributed by atoms with Crippen LogP contribution in [-0.4, -0.2) is 52.8 Å². The van der Waals surface area contributed by atoms with E-state index >= 15 is 0 Å². The summed E-state index contributed by atoms with van der Waals surface area (Å²) in [6.07, 6.45) is -1.33. The summed E-state index contributed by atoms with van der Waals surface area (Å²) in [4.78, 5) is 26.4. The highest BCUT2D eigenvalue weighted by molar-refractivity contribution is 5.82. The molecular formula is C13H16N4O5. The van der Waals surface area contributed by atoms with Crippen molar-refractivity contribution in [2.45, 2.75) is 12.6 Å². The van der Waals surface area contributed by atoms with E-state index in [1.165, 1.54) is 17.0 Å². The lowest BCUT2D eigenvalue weighted by Crippen LogP contribution is -2.45. The molecule has 2 rings (SSSR count). The summed E-state index contributed by atoms with van der Waals surface area (Å²) >= 11 is 0. The maximum atomic E-state index is 10.9. The number of hydrogen-bond acceptors (Lipinski definition) is 5. The van der Waals surface area contributed by atoms with Gasteiger partial charge in [-0.25, -0.2) is 9.79 Å². The third-order valence-electron chi connectivity index (χ3n) is 3.16. The minimum Gasteiger partial charge on any atom is -0.465 e. The highest BCUT2D eigenvalue weighted by atomic mass is 16.6. The average molecular weight is 308 g/mol. The maximum absolute atomic E-state index is 10.9. The first-order chi connectivity index (χ1) is 10.5. The van der Waals surface area contributed by atoms with Crippen LogP contribution >= 0.6 is 0 Å². The molecule has 1 fully saturated rings. The van der Waals surface area contributed by atoms with E-state index in [1.807, 2.05) is 0 Å². The van der Waals surface area contributed by atoms with E-state index < -0.39 is 17.2 Å². The Morgan fingerprint density at radius 1 is 1.50 bits per heavy atom. The Bertz CT molecular complexity index is 587. The number of nitro benzene ring substituents is 1. The van der Waals surface area contributed by atoms with Crippen LogP contribution in [0.3, 0.4) is 0 Å². The van der Waals surface area contributed by atoms with Crippen molar-refractivity contribution >= 4 is 17.6 Å². The van der Waals surface area contributed by atoms with Gasteiger partial charge in [-0.05, 0) is 5.56 Å². The molecule has 1 saturated heterocycles. The van der Waals surface area contributed by atoms with Crippen LogP contribution in [-0.2, 0) is 11.2 Å². The van der Waals surface area contributed by atoms with Crippen molar-refractivity contribution in [3.8, 4) is 0 Å². The van der Waals surface area contributed by atoms with Crippen molar-refractivity contribution in [3.05, 3.63) is 39.9 Å². The van der Waals surface area contributed by atoms with Crippen LogP contribution in [0.2, 0.25) is 0 Å². The van der Waals surface area contributed by atoms with Crippen molar-refractivity contribution in [2.75, 3.05) is 19.7 Å². The maximum Gasteiger partial charge on any atom is 0.407 e. The summed E-state index contributed by atoms with van der Waals surface area (Å²) < 4.78 is 5.36. The minimum atomic E-state index is -1.02. The van der Waals surface area contributed by atoms with Gasteiger partial charge in [0.2, 0.25) is 0 Å². The molecule has 0 aliphatic carbocycles. The summed E-state index contributed by atoms with van der Waals surface area (Å²) in [6.45, 7) is 0.713. The Labute approximate surface area is 126 Å². The second-order valence-corrected chi connectivity index (χ2v) is 4.77. The van der Waals surface area contributed by atoms with Crippen LogP contribution in [0.25, 0.3) is 0 Å². The predicted octanol–water partition coefficient (Wildman–Crippen LogP) is 0.831. The number of nitro groups is 1. The van der Waals surface area contributed by atoms with Gasteiger partial charge < -0.3 is 20.5 Å². The number of nitrogens with two attached hydrogens (primary N) is 1. The summed E-state index contributed by atoms with van der Waals surface area (Å²) in [7, 11) is 0. The van der Waals surface area contributed by atoms with Crippen LogP contribution in [0.4, 0.5) is 10.5 Å². The highest BCUT2D eigenvalue weighted by Gasteiger charge is 2.23. The van der Waals surface area contributed by atoms with Gasteiger partial charge >= 0.3 is 6.09 Å². The Kier molecular flexibility index (Phi) is 4.89. The lowest BCUT2D eigenvalue weighted by Gasteiger charge is -2.28. The normalized spacial score (nSPS) is 19.0. The van der Waals surface area contributed by atoms with Crippen LogP contribution in [0, 0.1) is 10.1 Å². The molecule has 1 aromatic rings. The molecule has 3 N–H and O–H groups in total. The fourth-order valence-electron chi connectivity index (χ4n) is 2.06. The van der Waals surface area contributed by atoms with E-state index in [9.17, 15) is 14.9 Å². The third-order valence-corrected chi connectivity index (χ3v) is 3.16. The van der Waals surface area contributed by atoms with Crippen LogP contribution in [0.5, 0.6) is 0 Å². The molecule has 118 valence electrons. The Balaban J connectivity index is 1.97.